The zero-order valence-electron chi connectivity index (χ0n) is 13.8. The van der Waals surface area contributed by atoms with Crippen molar-refractivity contribution in [1.29, 1.82) is 0 Å². The molecule has 0 aliphatic rings. The SMILES string of the molecule is Cn1nnc(-c2c(Cl)c3cc(Cl)ccc3n2-c2ccc(C(N)=O)c(F)c2)n1. The van der Waals surface area contributed by atoms with Crippen molar-refractivity contribution in [2.24, 2.45) is 12.8 Å². The highest BCUT2D eigenvalue weighted by Gasteiger charge is 2.23. The number of amides is 1. The lowest BCUT2D eigenvalue weighted by atomic mass is 10.1. The predicted octanol–water partition coefficient (Wildman–Crippen LogP) is 3.37. The van der Waals surface area contributed by atoms with Gasteiger partial charge in [-0.2, -0.15) is 4.80 Å². The zero-order chi connectivity index (χ0) is 19.3. The highest BCUT2D eigenvalue weighted by molar-refractivity contribution is 6.39. The van der Waals surface area contributed by atoms with Gasteiger partial charge in [-0.05, 0) is 41.6 Å². The van der Waals surface area contributed by atoms with Gasteiger partial charge in [0.15, 0.2) is 0 Å². The minimum atomic E-state index is -0.850. The maximum atomic E-state index is 14.4. The summed E-state index contributed by atoms with van der Waals surface area (Å²) in [5.74, 6) is -1.34. The van der Waals surface area contributed by atoms with Crippen LogP contribution in [0.15, 0.2) is 36.4 Å². The molecule has 7 nitrogen and oxygen atoms in total. The molecule has 0 spiro atoms. The molecule has 0 saturated carbocycles. The molecule has 4 rings (SSSR count). The van der Waals surface area contributed by atoms with Gasteiger partial charge in [-0.1, -0.05) is 23.2 Å². The molecule has 136 valence electrons. The average molecular weight is 405 g/mol. The number of primary amides is 1. The molecule has 0 radical (unpaired) electrons. The number of nitrogens with zero attached hydrogens (tertiary/aromatic N) is 5. The van der Waals surface area contributed by atoms with Crippen LogP contribution in [-0.2, 0) is 7.05 Å². The molecular formula is C17H11Cl2FN6O. The smallest absolute Gasteiger partial charge is 0.251 e. The number of aryl methyl sites for hydroxylation is 1. The van der Waals surface area contributed by atoms with E-state index >= 15 is 0 Å². The van der Waals surface area contributed by atoms with Gasteiger partial charge in [-0.25, -0.2) is 4.39 Å². The van der Waals surface area contributed by atoms with E-state index < -0.39 is 11.7 Å². The molecule has 0 aliphatic heterocycles. The first-order valence-electron chi connectivity index (χ1n) is 7.70. The fraction of sp³-hybridized carbons (Fsp3) is 0.0588. The van der Waals surface area contributed by atoms with E-state index in [1.54, 1.807) is 35.9 Å². The molecule has 0 bridgehead atoms. The number of halogens is 3. The van der Waals surface area contributed by atoms with Gasteiger partial charge in [0.05, 0.1) is 23.2 Å². The fourth-order valence-electron chi connectivity index (χ4n) is 2.91. The van der Waals surface area contributed by atoms with Crippen molar-refractivity contribution >= 4 is 40.0 Å². The largest absolute Gasteiger partial charge is 0.366 e. The molecule has 4 aromatic rings. The lowest BCUT2D eigenvalue weighted by molar-refractivity contribution is 0.0996. The van der Waals surface area contributed by atoms with Crippen LogP contribution in [0.25, 0.3) is 28.1 Å². The highest BCUT2D eigenvalue weighted by atomic mass is 35.5. The third-order valence-corrected chi connectivity index (χ3v) is 4.68. The number of hydrogen-bond acceptors (Lipinski definition) is 4. The van der Waals surface area contributed by atoms with Gasteiger partial charge in [0.1, 0.15) is 11.5 Å². The Labute approximate surface area is 162 Å². The first kappa shape index (κ1) is 17.4. The van der Waals surface area contributed by atoms with E-state index in [1.807, 2.05) is 0 Å². The van der Waals surface area contributed by atoms with Crippen molar-refractivity contribution < 1.29 is 9.18 Å². The van der Waals surface area contributed by atoms with E-state index in [0.717, 1.165) is 0 Å². The van der Waals surface area contributed by atoms with Crippen LogP contribution in [-0.4, -0.2) is 30.7 Å². The van der Waals surface area contributed by atoms with Crippen molar-refractivity contribution in [3.8, 4) is 17.2 Å². The summed E-state index contributed by atoms with van der Waals surface area (Å²) in [7, 11) is 1.62. The van der Waals surface area contributed by atoms with Crippen LogP contribution in [0.3, 0.4) is 0 Å². The predicted molar refractivity (Wildman–Crippen MR) is 99.6 cm³/mol. The number of rotatable bonds is 3. The molecule has 0 unspecified atom stereocenters. The second kappa shape index (κ2) is 6.33. The number of aromatic nitrogens is 5. The molecular weight excluding hydrogens is 394 g/mol. The Kier molecular flexibility index (Phi) is 4.09. The summed E-state index contributed by atoms with van der Waals surface area (Å²) in [6.45, 7) is 0. The lowest BCUT2D eigenvalue weighted by Gasteiger charge is -2.10. The molecule has 0 saturated heterocycles. The van der Waals surface area contributed by atoms with Crippen LogP contribution >= 0.6 is 23.2 Å². The highest BCUT2D eigenvalue weighted by Crippen LogP contribution is 2.39. The number of fused-ring (bicyclic) bond motifs is 1. The normalized spacial score (nSPS) is 11.3. The molecule has 2 N–H and O–H groups in total. The van der Waals surface area contributed by atoms with E-state index in [2.05, 4.69) is 15.4 Å². The maximum Gasteiger partial charge on any atom is 0.251 e. The number of carbonyl (C=O) groups excluding carboxylic acids is 1. The Hall–Kier alpha value is -2.97. The van der Waals surface area contributed by atoms with E-state index in [1.165, 1.54) is 16.9 Å². The summed E-state index contributed by atoms with van der Waals surface area (Å²) in [6.07, 6.45) is 0. The summed E-state index contributed by atoms with van der Waals surface area (Å²) in [5.41, 5.74) is 6.49. The van der Waals surface area contributed by atoms with Gasteiger partial charge >= 0.3 is 0 Å². The van der Waals surface area contributed by atoms with Gasteiger partial charge < -0.3 is 10.3 Å². The molecule has 1 amide bonds. The van der Waals surface area contributed by atoms with Crippen LogP contribution in [0.1, 0.15) is 10.4 Å². The van der Waals surface area contributed by atoms with E-state index in [4.69, 9.17) is 28.9 Å². The summed E-state index contributed by atoms with van der Waals surface area (Å²) >= 11 is 12.7. The Morgan fingerprint density at radius 1 is 1.19 bits per heavy atom. The van der Waals surface area contributed by atoms with Crippen LogP contribution in [0.4, 0.5) is 4.39 Å². The van der Waals surface area contributed by atoms with E-state index in [9.17, 15) is 9.18 Å². The second-order valence-corrected chi connectivity index (χ2v) is 6.60. The molecule has 2 aromatic carbocycles. The molecule has 0 atom stereocenters. The molecule has 10 heteroatoms. The Morgan fingerprint density at radius 3 is 2.59 bits per heavy atom. The minimum Gasteiger partial charge on any atom is -0.366 e. The van der Waals surface area contributed by atoms with E-state index in [0.29, 0.717) is 32.3 Å². The van der Waals surface area contributed by atoms with Gasteiger partial charge in [0, 0.05) is 16.1 Å². The maximum absolute atomic E-state index is 14.4. The van der Waals surface area contributed by atoms with Gasteiger partial charge in [0.2, 0.25) is 5.82 Å². The first-order chi connectivity index (χ1) is 12.9. The number of tetrazole rings is 1. The summed E-state index contributed by atoms with van der Waals surface area (Å²) in [6, 6.07) is 9.22. The summed E-state index contributed by atoms with van der Waals surface area (Å²) in [5, 5.41) is 13.5. The van der Waals surface area contributed by atoms with Crippen LogP contribution < -0.4 is 5.73 Å². The first-order valence-corrected chi connectivity index (χ1v) is 8.46. The van der Waals surface area contributed by atoms with Gasteiger partial charge in [-0.15, -0.1) is 10.2 Å². The monoisotopic (exact) mass is 404 g/mol. The fourth-order valence-corrected chi connectivity index (χ4v) is 3.41. The number of benzene rings is 2. The standard InChI is InChI=1S/C17H11Cl2FN6O/c1-25-23-17(22-24-25)15-14(19)11-6-8(18)2-5-13(11)26(15)9-3-4-10(16(21)27)12(20)7-9/h2-7H,1H3,(H2,21,27). The molecule has 0 fully saturated rings. The number of nitrogens with two attached hydrogens (primary N) is 1. The molecule has 27 heavy (non-hydrogen) atoms. The van der Waals surface area contributed by atoms with Crippen molar-refractivity contribution in [2.45, 2.75) is 0 Å². The van der Waals surface area contributed by atoms with Crippen molar-refractivity contribution in [2.75, 3.05) is 0 Å². The van der Waals surface area contributed by atoms with Crippen LogP contribution in [0.5, 0.6) is 0 Å². The van der Waals surface area contributed by atoms with Gasteiger partial charge in [0.25, 0.3) is 5.91 Å². The van der Waals surface area contributed by atoms with Crippen molar-refractivity contribution in [3.05, 3.63) is 57.8 Å². The van der Waals surface area contributed by atoms with Crippen LogP contribution in [0.2, 0.25) is 10.0 Å². The Bertz CT molecular complexity index is 1220. The second-order valence-electron chi connectivity index (χ2n) is 5.79. The topological polar surface area (TPSA) is 91.6 Å². The average Bonchev–Trinajstić information content (AvgIpc) is 3.16. The lowest BCUT2D eigenvalue weighted by Crippen LogP contribution is -2.13. The molecule has 0 aliphatic carbocycles. The van der Waals surface area contributed by atoms with Crippen LogP contribution in [0, 0.1) is 5.82 Å². The van der Waals surface area contributed by atoms with Crippen molar-refractivity contribution in [1.82, 2.24) is 24.8 Å². The van der Waals surface area contributed by atoms with E-state index in [-0.39, 0.29) is 11.4 Å². The Morgan fingerprint density at radius 2 is 1.96 bits per heavy atom. The summed E-state index contributed by atoms with van der Waals surface area (Å²) < 4.78 is 16.1. The molecule has 2 heterocycles. The third kappa shape index (κ3) is 2.83. The van der Waals surface area contributed by atoms with Crippen molar-refractivity contribution in [3.63, 3.8) is 0 Å². The number of carbonyl (C=O) groups is 1. The zero-order valence-corrected chi connectivity index (χ0v) is 15.3. The minimum absolute atomic E-state index is 0.205. The summed E-state index contributed by atoms with van der Waals surface area (Å²) in [4.78, 5) is 12.6. The van der Waals surface area contributed by atoms with Gasteiger partial charge in [-0.3, -0.25) is 4.79 Å². The number of hydrogen-bond donors (Lipinski definition) is 1. The third-order valence-electron chi connectivity index (χ3n) is 4.06. The quantitative estimate of drug-likeness (QED) is 0.566. The molecule has 2 aromatic heterocycles. The Balaban J connectivity index is 2.07.